The summed E-state index contributed by atoms with van der Waals surface area (Å²) in [6.45, 7) is 2.83. The monoisotopic (exact) mass is 229 g/mol. The highest BCUT2D eigenvalue weighted by molar-refractivity contribution is 5.80. The van der Waals surface area contributed by atoms with Crippen molar-refractivity contribution in [1.82, 2.24) is 10.6 Å². The lowest BCUT2D eigenvalue weighted by Gasteiger charge is -2.16. The van der Waals surface area contributed by atoms with Crippen molar-refractivity contribution < 1.29 is 0 Å². The highest BCUT2D eigenvalue weighted by Crippen LogP contribution is 2.39. The van der Waals surface area contributed by atoms with Crippen LogP contribution in [0.25, 0.3) is 0 Å². The van der Waals surface area contributed by atoms with Gasteiger partial charge in [0.2, 0.25) is 0 Å². The van der Waals surface area contributed by atoms with Crippen LogP contribution in [0.1, 0.15) is 36.3 Å². The largest absolute Gasteiger partial charge is 0.356 e. The lowest BCUT2D eigenvalue weighted by atomic mass is 10.1. The molecule has 1 aromatic carbocycles. The van der Waals surface area contributed by atoms with Gasteiger partial charge in [-0.25, -0.2) is 0 Å². The number of hydrogen-bond donors (Lipinski definition) is 2. The Balaban J connectivity index is 1.55. The minimum Gasteiger partial charge on any atom is -0.356 e. The van der Waals surface area contributed by atoms with E-state index in [0.29, 0.717) is 0 Å². The number of rotatable bonds is 3. The average molecular weight is 229 g/mol. The molecule has 3 nitrogen and oxygen atoms in total. The summed E-state index contributed by atoms with van der Waals surface area (Å²) in [5.74, 6) is 1.80. The summed E-state index contributed by atoms with van der Waals surface area (Å²) in [6, 6.07) is 8.99. The van der Waals surface area contributed by atoms with Crippen LogP contribution in [0, 0.1) is 0 Å². The lowest BCUT2D eigenvalue weighted by molar-refractivity contribution is 0.702. The summed E-state index contributed by atoms with van der Waals surface area (Å²) >= 11 is 0. The molecule has 2 aliphatic rings. The molecule has 0 saturated heterocycles. The van der Waals surface area contributed by atoms with E-state index in [4.69, 9.17) is 0 Å². The van der Waals surface area contributed by atoms with E-state index in [1.165, 1.54) is 24.0 Å². The van der Waals surface area contributed by atoms with Crippen LogP contribution in [0.5, 0.6) is 0 Å². The molecule has 90 valence electrons. The molecule has 0 spiro atoms. The van der Waals surface area contributed by atoms with Gasteiger partial charge < -0.3 is 10.6 Å². The van der Waals surface area contributed by atoms with E-state index in [9.17, 15) is 0 Å². The van der Waals surface area contributed by atoms with Crippen LogP contribution >= 0.6 is 0 Å². The molecule has 0 radical (unpaired) electrons. The maximum absolute atomic E-state index is 4.39. The smallest absolute Gasteiger partial charge is 0.191 e. The Labute approximate surface area is 102 Å². The topological polar surface area (TPSA) is 36.4 Å². The summed E-state index contributed by atoms with van der Waals surface area (Å²) < 4.78 is 0. The third kappa shape index (κ3) is 2.78. The summed E-state index contributed by atoms with van der Waals surface area (Å²) in [6.07, 6.45) is 3.89. The molecule has 1 aromatic rings. The van der Waals surface area contributed by atoms with Gasteiger partial charge in [0.1, 0.15) is 0 Å². The average Bonchev–Trinajstić information content (AvgIpc) is 3.23. The molecule has 2 N–H and O–H groups in total. The van der Waals surface area contributed by atoms with Crippen molar-refractivity contribution in [3.63, 3.8) is 0 Å². The molecule has 0 aromatic heterocycles. The zero-order valence-corrected chi connectivity index (χ0v) is 10.1. The molecule has 1 aliphatic carbocycles. The molecule has 1 fully saturated rings. The van der Waals surface area contributed by atoms with Crippen LogP contribution in [0.4, 0.5) is 0 Å². The molecule has 0 atom stereocenters. The molecule has 3 rings (SSSR count). The minimum atomic E-state index is 0.849. The maximum atomic E-state index is 4.39. The quantitative estimate of drug-likeness (QED) is 0.831. The maximum Gasteiger partial charge on any atom is 0.191 e. The molecule has 3 heteroatoms. The number of benzene rings is 1. The van der Waals surface area contributed by atoms with Crippen molar-refractivity contribution in [2.75, 3.05) is 13.1 Å². The number of guanidine groups is 1. The second kappa shape index (κ2) is 4.78. The summed E-state index contributed by atoms with van der Waals surface area (Å²) in [5, 5.41) is 6.61. The highest BCUT2D eigenvalue weighted by atomic mass is 15.2. The normalized spacial score (nSPS) is 19.4. The van der Waals surface area contributed by atoms with Gasteiger partial charge in [-0.05, 0) is 36.3 Å². The van der Waals surface area contributed by atoms with Gasteiger partial charge in [0.25, 0.3) is 0 Å². The zero-order chi connectivity index (χ0) is 11.5. The lowest BCUT2D eigenvalue weighted by Crippen LogP contribution is -2.40. The number of hydrogen-bond acceptors (Lipinski definition) is 3. The Hall–Kier alpha value is -1.51. The van der Waals surface area contributed by atoms with E-state index in [1.54, 1.807) is 0 Å². The van der Waals surface area contributed by atoms with Crippen LogP contribution in [0.2, 0.25) is 0 Å². The predicted octanol–water partition coefficient (Wildman–Crippen LogP) is 2.00. The van der Waals surface area contributed by atoms with Crippen LogP contribution < -0.4 is 10.6 Å². The van der Waals surface area contributed by atoms with Crippen LogP contribution in [-0.2, 0) is 6.54 Å². The van der Waals surface area contributed by atoms with E-state index in [-0.39, 0.29) is 0 Å². The number of aliphatic imine (C=N–C) groups is 1. The first-order valence-corrected chi connectivity index (χ1v) is 6.53. The van der Waals surface area contributed by atoms with Crippen molar-refractivity contribution in [1.29, 1.82) is 0 Å². The molecule has 1 heterocycles. The van der Waals surface area contributed by atoms with Gasteiger partial charge >= 0.3 is 0 Å². The summed E-state index contributed by atoms with van der Waals surface area (Å²) in [4.78, 5) is 4.39. The van der Waals surface area contributed by atoms with E-state index >= 15 is 0 Å². The Bertz CT molecular complexity index is 404. The number of nitrogens with one attached hydrogen (secondary N) is 2. The molecule has 0 unspecified atom stereocenters. The predicted molar refractivity (Wildman–Crippen MR) is 70.2 cm³/mol. The number of nitrogens with zero attached hydrogens (tertiary/aromatic N) is 1. The van der Waals surface area contributed by atoms with Gasteiger partial charge in [-0.1, -0.05) is 24.3 Å². The Morgan fingerprint density at radius 1 is 1.24 bits per heavy atom. The summed E-state index contributed by atoms with van der Waals surface area (Å²) in [5.41, 5.74) is 2.83. The summed E-state index contributed by atoms with van der Waals surface area (Å²) in [7, 11) is 0. The second-order valence-corrected chi connectivity index (χ2v) is 4.88. The molecule has 1 saturated carbocycles. The third-order valence-electron chi connectivity index (χ3n) is 3.39. The van der Waals surface area contributed by atoms with Crippen LogP contribution in [0.3, 0.4) is 0 Å². The van der Waals surface area contributed by atoms with Gasteiger partial charge in [-0.2, -0.15) is 0 Å². The molecule has 0 amide bonds. The zero-order valence-electron chi connectivity index (χ0n) is 10.1. The first-order valence-electron chi connectivity index (χ1n) is 6.53. The Morgan fingerprint density at radius 2 is 2.06 bits per heavy atom. The molecule has 1 aliphatic heterocycles. The highest BCUT2D eigenvalue weighted by Gasteiger charge is 2.22. The van der Waals surface area contributed by atoms with E-state index in [1.807, 2.05) is 0 Å². The Kier molecular flexibility index (Phi) is 2.99. The molecular weight excluding hydrogens is 210 g/mol. The molecular formula is C14H19N3. The fourth-order valence-electron chi connectivity index (χ4n) is 2.16. The van der Waals surface area contributed by atoms with E-state index in [0.717, 1.165) is 37.9 Å². The van der Waals surface area contributed by atoms with Crippen molar-refractivity contribution in [3.05, 3.63) is 35.4 Å². The van der Waals surface area contributed by atoms with Crippen molar-refractivity contribution in [2.45, 2.75) is 31.7 Å². The first kappa shape index (κ1) is 10.6. The minimum absolute atomic E-state index is 0.849. The Morgan fingerprint density at radius 3 is 2.71 bits per heavy atom. The van der Waals surface area contributed by atoms with Crippen molar-refractivity contribution in [2.24, 2.45) is 4.99 Å². The fraction of sp³-hybridized carbons (Fsp3) is 0.500. The van der Waals surface area contributed by atoms with E-state index in [2.05, 4.69) is 39.9 Å². The van der Waals surface area contributed by atoms with Crippen molar-refractivity contribution in [3.8, 4) is 0 Å². The van der Waals surface area contributed by atoms with Gasteiger partial charge in [-0.15, -0.1) is 0 Å². The van der Waals surface area contributed by atoms with Crippen molar-refractivity contribution >= 4 is 5.96 Å². The van der Waals surface area contributed by atoms with Crippen LogP contribution in [-0.4, -0.2) is 19.0 Å². The molecule has 0 bridgehead atoms. The van der Waals surface area contributed by atoms with Gasteiger partial charge in [0.05, 0.1) is 0 Å². The van der Waals surface area contributed by atoms with Gasteiger partial charge in [-0.3, -0.25) is 4.99 Å². The van der Waals surface area contributed by atoms with E-state index < -0.39 is 0 Å². The SMILES string of the molecule is c1cc(C2CC2)ccc1CNC1=NCCCN1. The van der Waals surface area contributed by atoms with Crippen LogP contribution in [0.15, 0.2) is 29.3 Å². The molecule has 17 heavy (non-hydrogen) atoms. The van der Waals surface area contributed by atoms with Gasteiger partial charge in [0, 0.05) is 19.6 Å². The third-order valence-corrected chi connectivity index (χ3v) is 3.39. The van der Waals surface area contributed by atoms with Gasteiger partial charge in [0.15, 0.2) is 5.96 Å². The second-order valence-electron chi connectivity index (χ2n) is 4.88. The standard InChI is InChI=1S/C14H19N3/c1-8-15-14(16-9-1)17-10-11-2-4-12(5-3-11)13-6-7-13/h2-5,13H,1,6-10H2,(H2,15,16,17). The fourth-order valence-corrected chi connectivity index (χ4v) is 2.16. The first-order chi connectivity index (χ1) is 8.42.